The van der Waals surface area contributed by atoms with E-state index in [1.807, 2.05) is 36.4 Å². The molecular weight excluding hydrogens is 471 g/mol. The third-order valence-electron chi connectivity index (χ3n) is 7.01. The van der Waals surface area contributed by atoms with Gasteiger partial charge in [-0.3, -0.25) is 14.6 Å². The summed E-state index contributed by atoms with van der Waals surface area (Å²) in [5.74, 6) is 0.488. The van der Waals surface area contributed by atoms with Crippen LogP contribution in [0.3, 0.4) is 0 Å². The number of nitrogens with two attached hydrogens (primary N) is 1. The van der Waals surface area contributed by atoms with Crippen LogP contribution < -0.4 is 10.6 Å². The van der Waals surface area contributed by atoms with E-state index in [1.54, 1.807) is 22.9 Å². The van der Waals surface area contributed by atoms with Gasteiger partial charge in [0.05, 0.1) is 6.20 Å². The number of rotatable bonds is 5. The molecule has 2 aliphatic rings. The van der Waals surface area contributed by atoms with Crippen LogP contribution in [0.2, 0.25) is 0 Å². The molecule has 0 amide bonds. The molecule has 3 aromatic heterocycles. The fourth-order valence-corrected chi connectivity index (χ4v) is 4.96. The maximum Gasteiger partial charge on any atom is 0.180 e. The summed E-state index contributed by atoms with van der Waals surface area (Å²) in [6.07, 6.45) is 11.7. The number of nitrogens with zero attached hydrogens (tertiary/aromatic N) is 9. The highest BCUT2D eigenvalue weighted by Crippen LogP contribution is 2.31. The first-order chi connectivity index (χ1) is 19.1. The predicted molar refractivity (Wildman–Crippen MR) is 140 cm³/mol. The molecule has 0 bridgehead atoms. The van der Waals surface area contributed by atoms with Crippen molar-refractivity contribution in [1.29, 1.82) is 0 Å². The fourth-order valence-electron chi connectivity index (χ4n) is 4.96. The van der Waals surface area contributed by atoms with Crippen molar-refractivity contribution < 1.29 is 8.50 Å². The monoisotopic (exact) mass is 503 g/mol. The van der Waals surface area contributed by atoms with Gasteiger partial charge in [0.15, 0.2) is 12.1 Å². The molecule has 5 heterocycles. The highest BCUT2D eigenvalue weighted by molar-refractivity contribution is 5.77. The number of aromatic nitrogens is 5. The standard InChI is InChI=1S/C26H29FN10/c1-26(28,21-4-6-22(27)7-5-21)36-9-3-8-29-25(36)35-12-10-34(11-13-35)24-23-14-19(17-37(23)32-18-30-24)20-15-31-33(2)16-20/h3-9,14-18,25H,10-13,28H2,1-2H3/t25?,26-/m1/s1/i2D3. The molecule has 10 nitrogen and oxygen atoms in total. The second-order valence-corrected chi connectivity index (χ2v) is 9.39. The SMILES string of the molecule is [2H]C([2H])([2H])n1cc(-c2cc3c(N4CCN(C5N=CC=CN5[C@@](C)(N)c5ccc(F)cc5)CC4)ncnn3c2)cn1. The Labute approximate surface area is 218 Å². The number of benzene rings is 1. The van der Waals surface area contributed by atoms with Crippen molar-refractivity contribution in [1.82, 2.24) is 34.2 Å². The molecule has 2 N–H and O–H groups in total. The Morgan fingerprint density at radius 3 is 2.65 bits per heavy atom. The summed E-state index contributed by atoms with van der Waals surface area (Å²) < 4.78 is 39.0. The Morgan fingerprint density at radius 1 is 1.08 bits per heavy atom. The number of hydrogen-bond acceptors (Lipinski definition) is 8. The van der Waals surface area contributed by atoms with E-state index in [1.165, 1.54) is 30.9 Å². The fraction of sp³-hybridized carbons (Fsp3) is 0.308. The minimum absolute atomic E-state index is 0.306. The summed E-state index contributed by atoms with van der Waals surface area (Å²) in [7, 11) is 0. The quantitative estimate of drug-likeness (QED) is 0.447. The maximum atomic E-state index is 13.6. The molecule has 0 spiro atoms. The van der Waals surface area contributed by atoms with Crippen LogP contribution in [0.5, 0.6) is 0 Å². The van der Waals surface area contributed by atoms with Gasteiger partial charge in [-0.1, -0.05) is 12.1 Å². The first kappa shape index (κ1) is 20.0. The van der Waals surface area contributed by atoms with Crippen molar-refractivity contribution in [3.05, 3.63) is 78.9 Å². The van der Waals surface area contributed by atoms with Gasteiger partial charge in [0.1, 0.15) is 23.3 Å². The molecule has 1 unspecified atom stereocenters. The number of aliphatic imine (C=N–C) groups is 1. The third-order valence-corrected chi connectivity index (χ3v) is 7.01. The average molecular weight is 504 g/mol. The number of allylic oxidation sites excluding steroid dienone is 1. The number of hydrogen-bond donors (Lipinski definition) is 1. The lowest BCUT2D eigenvalue weighted by molar-refractivity contribution is 0.00748. The second-order valence-electron chi connectivity index (χ2n) is 9.39. The van der Waals surface area contributed by atoms with Crippen LogP contribution in [0.1, 0.15) is 16.6 Å². The molecule has 2 aliphatic heterocycles. The number of anilines is 1. The molecule has 4 aromatic rings. The zero-order chi connectivity index (χ0) is 28.1. The molecule has 0 saturated carbocycles. The van der Waals surface area contributed by atoms with Gasteiger partial charge >= 0.3 is 0 Å². The summed E-state index contributed by atoms with van der Waals surface area (Å²) in [5, 5.41) is 8.35. The first-order valence-corrected chi connectivity index (χ1v) is 12.0. The van der Waals surface area contributed by atoms with Gasteiger partial charge in [-0.05, 0) is 36.8 Å². The normalized spacial score (nSPS) is 21.6. The number of aryl methyl sites for hydroxylation is 1. The molecule has 2 atom stereocenters. The van der Waals surface area contributed by atoms with E-state index in [2.05, 4.69) is 25.0 Å². The molecular formula is C26H29FN10. The lowest BCUT2D eigenvalue weighted by atomic mass is 10.00. The summed E-state index contributed by atoms with van der Waals surface area (Å²) in [6.45, 7) is 2.38. The van der Waals surface area contributed by atoms with Crippen molar-refractivity contribution in [3.63, 3.8) is 0 Å². The van der Waals surface area contributed by atoms with Crippen molar-refractivity contribution >= 4 is 17.5 Å². The van der Waals surface area contributed by atoms with Crippen LogP contribution in [0.25, 0.3) is 16.6 Å². The van der Waals surface area contributed by atoms with Crippen molar-refractivity contribution in [3.8, 4) is 11.1 Å². The van der Waals surface area contributed by atoms with Gasteiger partial charge in [-0.2, -0.15) is 10.2 Å². The highest BCUT2D eigenvalue weighted by Gasteiger charge is 2.37. The Bertz CT molecular complexity index is 1570. The van der Waals surface area contributed by atoms with Crippen LogP contribution in [0.15, 0.2) is 72.5 Å². The van der Waals surface area contributed by atoms with E-state index in [4.69, 9.17) is 14.8 Å². The Hall–Kier alpha value is -4.09. The molecule has 0 aliphatic carbocycles. The number of fused-ring (bicyclic) bond motifs is 1. The average Bonchev–Trinajstić information content (AvgIpc) is 3.61. The summed E-state index contributed by atoms with van der Waals surface area (Å²) in [6, 6.07) is 8.19. The van der Waals surface area contributed by atoms with Gasteiger partial charge in [0.2, 0.25) is 0 Å². The van der Waals surface area contributed by atoms with E-state index < -0.39 is 12.6 Å². The summed E-state index contributed by atoms with van der Waals surface area (Å²) in [5.41, 5.74) is 8.99. The van der Waals surface area contributed by atoms with E-state index in [-0.39, 0.29) is 12.1 Å². The van der Waals surface area contributed by atoms with Crippen LogP contribution in [0.4, 0.5) is 10.2 Å². The molecule has 37 heavy (non-hydrogen) atoms. The van der Waals surface area contributed by atoms with Gasteiger partial charge in [-0.15, -0.1) is 0 Å². The molecule has 6 rings (SSSR count). The van der Waals surface area contributed by atoms with Gasteiger partial charge in [-0.25, -0.2) is 13.9 Å². The minimum atomic E-state index is -2.34. The van der Waals surface area contributed by atoms with Crippen molar-refractivity contribution in [2.45, 2.75) is 18.9 Å². The largest absolute Gasteiger partial charge is 0.352 e. The molecule has 11 heteroatoms. The lowest BCUT2D eigenvalue weighted by Crippen LogP contribution is -2.61. The first-order valence-electron chi connectivity index (χ1n) is 13.5. The molecule has 1 aromatic carbocycles. The van der Waals surface area contributed by atoms with Gasteiger partial charge in [0, 0.05) is 73.2 Å². The zero-order valence-electron chi connectivity index (χ0n) is 23.3. The van der Waals surface area contributed by atoms with Crippen LogP contribution in [-0.4, -0.2) is 72.9 Å². The third kappa shape index (κ3) is 4.25. The van der Waals surface area contributed by atoms with Crippen LogP contribution in [-0.2, 0) is 12.6 Å². The van der Waals surface area contributed by atoms with E-state index in [0.29, 0.717) is 31.7 Å². The van der Waals surface area contributed by atoms with Crippen molar-refractivity contribution in [2.75, 3.05) is 31.1 Å². The highest BCUT2D eigenvalue weighted by atomic mass is 19.1. The smallest absolute Gasteiger partial charge is 0.180 e. The lowest BCUT2D eigenvalue weighted by Gasteiger charge is -2.48. The van der Waals surface area contributed by atoms with E-state index in [0.717, 1.165) is 27.1 Å². The van der Waals surface area contributed by atoms with Crippen molar-refractivity contribution in [2.24, 2.45) is 17.7 Å². The van der Waals surface area contributed by atoms with E-state index >= 15 is 0 Å². The Balaban J connectivity index is 1.20. The maximum absolute atomic E-state index is 13.6. The zero-order valence-corrected chi connectivity index (χ0v) is 20.3. The molecule has 0 radical (unpaired) electrons. The summed E-state index contributed by atoms with van der Waals surface area (Å²) >= 11 is 0. The topological polar surface area (TPSA) is 96.1 Å². The van der Waals surface area contributed by atoms with Gasteiger partial charge < -0.3 is 15.5 Å². The Kier molecular flexibility index (Phi) is 4.92. The number of piperazine rings is 1. The number of halogens is 1. The van der Waals surface area contributed by atoms with Crippen LogP contribution in [0, 0.1) is 5.82 Å². The molecule has 190 valence electrons. The van der Waals surface area contributed by atoms with Gasteiger partial charge in [0.25, 0.3) is 0 Å². The Morgan fingerprint density at radius 2 is 1.89 bits per heavy atom. The molecule has 1 saturated heterocycles. The predicted octanol–water partition coefficient (Wildman–Crippen LogP) is 2.41. The van der Waals surface area contributed by atoms with E-state index in [9.17, 15) is 4.39 Å². The minimum Gasteiger partial charge on any atom is -0.352 e. The van der Waals surface area contributed by atoms with Crippen LogP contribution >= 0.6 is 0 Å². The summed E-state index contributed by atoms with van der Waals surface area (Å²) in [4.78, 5) is 15.8. The second kappa shape index (κ2) is 9.09. The molecule has 1 fully saturated rings.